The largest absolute Gasteiger partial charge is 0.508 e. The zero-order valence-corrected chi connectivity index (χ0v) is 19.1. The van der Waals surface area contributed by atoms with Gasteiger partial charge >= 0.3 is 0 Å². The summed E-state index contributed by atoms with van der Waals surface area (Å²) in [7, 11) is 1.58. The van der Waals surface area contributed by atoms with Crippen molar-refractivity contribution >= 4 is 17.4 Å². The van der Waals surface area contributed by atoms with Crippen LogP contribution in [0.3, 0.4) is 0 Å². The lowest BCUT2D eigenvalue weighted by molar-refractivity contribution is -0.140. The number of hydrogen-bond acceptors (Lipinski definition) is 6. The van der Waals surface area contributed by atoms with Crippen LogP contribution in [0.4, 0.5) is 0 Å². The van der Waals surface area contributed by atoms with Crippen LogP contribution in [-0.2, 0) is 14.3 Å². The molecule has 2 aromatic rings. The van der Waals surface area contributed by atoms with E-state index in [0.29, 0.717) is 23.5 Å². The molecule has 0 saturated carbocycles. The Morgan fingerprint density at radius 2 is 2.00 bits per heavy atom. The summed E-state index contributed by atoms with van der Waals surface area (Å²) in [6.07, 6.45) is 1.53. The fraction of sp³-hybridized carbons (Fsp3) is 0.385. The molecule has 2 aromatic carbocycles. The Hall–Kier alpha value is -3.32. The van der Waals surface area contributed by atoms with Crippen LogP contribution < -0.4 is 4.74 Å². The summed E-state index contributed by atoms with van der Waals surface area (Å²) in [6, 6.07) is 10.8. The molecule has 0 aromatic heterocycles. The molecule has 7 heteroatoms. The van der Waals surface area contributed by atoms with Crippen molar-refractivity contribution in [1.82, 2.24) is 4.90 Å². The van der Waals surface area contributed by atoms with Crippen molar-refractivity contribution in [2.24, 2.45) is 0 Å². The van der Waals surface area contributed by atoms with E-state index in [1.807, 2.05) is 13.8 Å². The van der Waals surface area contributed by atoms with E-state index >= 15 is 0 Å². The standard InChI is InChI=1S/C26H29NO6/c1-15(2)20-13-17(9-10-21(20)32-3)24(29)22-23(16-6-4-7-18(28)12-16)27(26(31)25(22)30)14-19-8-5-11-33-19/h4,6-7,9-10,12-13,15,19,23,28-29H,5,8,11,14H2,1-3H3/b24-22-. The summed E-state index contributed by atoms with van der Waals surface area (Å²) in [5.41, 5.74) is 1.86. The second kappa shape index (κ2) is 9.27. The first-order valence-corrected chi connectivity index (χ1v) is 11.2. The van der Waals surface area contributed by atoms with Gasteiger partial charge in [0.05, 0.1) is 24.8 Å². The van der Waals surface area contributed by atoms with Gasteiger partial charge in [0.1, 0.15) is 17.3 Å². The number of benzene rings is 2. The monoisotopic (exact) mass is 451 g/mol. The number of aromatic hydroxyl groups is 1. The Labute approximate surface area is 193 Å². The highest BCUT2D eigenvalue weighted by molar-refractivity contribution is 6.46. The van der Waals surface area contributed by atoms with Gasteiger partial charge in [0, 0.05) is 18.7 Å². The summed E-state index contributed by atoms with van der Waals surface area (Å²) < 4.78 is 11.1. The molecule has 0 bridgehead atoms. The maximum absolute atomic E-state index is 13.2. The van der Waals surface area contributed by atoms with E-state index in [1.54, 1.807) is 37.4 Å². The van der Waals surface area contributed by atoms with Gasteiger partial charge in [-0.05, 0) is 60.2 Å². The average molecular weight is 452 g/mol. The first-order chi connectivity index (χ1) is 15.8. The average Bonchev–Trinajstić information content (AvgIpc) is 3.40. The van der Waals surface area contributed by atoms with Crippen LogP contribution in [0.1, 0.15) is 55.3 Å². The number of methoxy groups -OCH3 is 1. The summed E-state index contributed by atoms with van der Waals surface area (Å²) in [5.74, 6) is -0.858. The molecule has 2 N–H and O–H groups in total. The fourth-order valence-electron chi connectivity index (χ4n) is 4.61. The van der Waals surface area contributed by atoms with Crippen LogP contribution in [0.15, 0.2) is 48.0 Å². The van der Waals surface area contributed by atoms with Crippen LogP contribution in [0.25, 0.3) is 5.76 Å². The van der Waals surface area contributed by atoms with E-state index in [1.165, 1.54) is 17.0 Å². The number of ether oxygens (including phenoxy) is 2. The molecular weight excluding hydrogens is 422 g/mol. The maximum Gasteiger partial charge on any atom is 0.295 e. The Balaban J connectivity index is 1.85. The quantitative estimate of drug-likeness (QED) is 0.390. The van der Waals surface area contributed by atoms with E-state index in [0.717, 1.165) is 18.4 Å². The minimum atomic E-state index is -0.828. The molecule has 1 amide bonds. The van der Waals surface area contributed by atoms with Crippen molar-refractivity contribution in [2.45, 2.75) is 44.8 Å². The number of phenols is 1. The smallest absolute Gasteiger partial charge is 0.295 e. The van der Waals surface area contributed by atoms with Crippen molar-refractivity contribution in [3.8, 4) is 11.5 Å². The SMILES string of the molecule is COc1ccc(/C(O)=C2/C(=O)C(=O)N(CC3CCCO3)C2c2cccc(O)c2)cc1C(C)C. The van der Waals surface area contributed by atoms with Crippen LogP contribution >= 0.6 is 0 Å². The molecule has 2 heterocycles. The van der Waals surface area contributed by atoms with Crippen molar-refractivity contribution in [2.75, 3.05) is 20.3 Å². The molecule has 2 saturated heterocycles. The van der Waals surface area contributed by atoms with Crippen molar-refractivity contribution in [1.29, 1.82) is 0 Å². The second-order valence-electron chi connectivity index (χ2n) is 8.79. The van der Waals surface area contributed by atoms with Gasteiger partial charge < -0.3 is 24.6 Å². The highest BCUT2D eigenvalue weighted by Gasteiger charge is 2.47. The highest BCUT2D eigenvalue weighted by atomic mass is 16.5. The zero-order chi connectivity index (χ0) is 23.7. The van der Waals surface area contributed by atoms with Gasteiger partial charge in [0.2, 0.25) is 0 Å². The summed E-state index contributed by atoms with van der Waals surface area (Å²) in [5, 5.41) is 21.4. The fourth-order valence-corrected chi connectivity index (χ4v) is 4.61. The normalized spacial score (nSPS) is 22.4. The minimum Gasteiger partial charge on any atom is -0.508 e. The number of rotatable bonds is 6. The van der Waals surface area contributed by atoms with Gasteiger partial charge in [-0.2, -0.15) is 0 Å². The van der Waals surface area contributed by atoms with Gasteiger partial charge in [-0.1, -0.05) is 26.0 Å². The molecule has 0 radical (unpaired) electrons. The second-order valence-corrected chi connectivity index (χ2v) is 8.79. The Bertz CT molecular complexity index is 1100. The Kier molecular flexibility index (Phi) is 6.42. The molecule has 2 unspecified atom stereocenters. The van der Waals surface area contributed by atoms with Crippen LogP contribution in [-0.4, -0.2) is 53.2 Å². The number of aliphatic hydroxyl groups is 1. The molecule has 0 spiro atoms. The van der Waals surface area contributed by atoms with E-state index in [4.69, 9.17) is 9.47 Å². The predicted molar refractivity (Wildman–Crippen MR) is 123 cm³/mol. The first kappa shape index (κ1) is 22.9. The third-order valence-corrected chi connectivity index (χ3v) is 6.28. The number of carbonyl (C=O) groups is 2. The van der Waals surface area contributed by atoms with E-state index in [2.05, 4.69) is 0 Å². The molecule has 2 aliphatic rings. The van der Waals surface area contributed by atoms with Crippen LogP contribution in [0, 0.1) is 0 Å². The summed E-state index contributed by atoms with van der Waals surface area (Å²) in [4.78, 5) is 27.7. The lowest BCUT2D eigenvalue weighted by Gasteiger charge is -2.27. The topological polar surface area (TPSA) is 96.3 Å². The molecule has 7 nitrogen and oxygen atoms in total. The number of hydrogen-bond donors (Lipinski definition) is 2. The number of nitrogens with zero attached hydrogens (tertiary/aromatic N) is 1. The van der Waals surface area contributed by atoms with Crippen molar-refractivity contribution in [3.05, 3.63) is 64.7 Å². The molecule has 2 atom stereocenters. The number of ketones is 1. The number of carbonyl (C=O) groups excluding carboxylic acids is 2. The van der Waals surface area contributed by atoms with Gasteiger partial charge in [-0.15, -0.1) is 0 Å². The Morgan fingerprint density at radius 1 is 1.21 bits per heavy atom. The molecule has 33 heavy (non-hydrogen) atoms. The van der Waals surface area contributed by atoms with E-state index in [9.17, 15) is 19.8 Å². The molecule has 0 aliphatic carbocycles. The van der Waals surface area contributed by atoms with Gasteiger partial charge in [-0.25, -0.2) is 0 Å². The van der Waals surface area contributed by atoms with Crippen molar-refractivity contribution < 1.29 is 29.3 Å². The molecule has 2 aliphatic heterocycles. The lowest BCUT2D eigenvalue weighted by atomic mass is 9.93. The predicted octanol–water partition coefficient (Wildman–Crippen LogP) is 4.12. The molecular formula is C26H29NO6. The maximum atomic E-state index is 13.2. The minimum absolute atomic E-state index is 0.00321. The summed E-state index contributed by atoms with van der Waals surface area (Å²) >= 11 is 0. The third kappa shape index (κ3) is 4.33. The van der Waals surface area contributed by atoms with E-state index < -0.39 is 17.7 Å². The number of likely N-dealkylation sites (tertiary alicyclic amines) is 1. The van der Waals surface area contributed by atoms with Gasteiger partial charge in [-0.3, -0.25) is 9.59 Å². The van der Waals surface area contributed by atoms with Crippen LogP contribution in [0.5, 0.6) is 11.5 Å². The number of phenolic OH excluding ortho intramolecular Hbond substituents is 1. The van der Waals surface area contributed by atoms with Gasteiger partial charge in [0.25, 0.3) is 11.7 Å². The first-order valence-electron chi connectivity index (χ1n) is 11.2. The van der Waals surface area contributed by atoms with Gasteiger partial charge in [0.15, 0.2) is 0 Å². The lowest BCUT2D eigenvalue weighted by Crippen LogP contribution is -2.36. The number of amides is 1. The molecule has 2 fully saturated rings. The number of Topliss-reactive ketones (excluding diaryl/α,β-unsaturated/α-hetero) is 1. The zero-order valence-electron chi connectivity index (χ0n) is 19.1. The molecule has 4 rings (SSSR count). The van der Waals surface area contributed by atoms with Crippen molar-refractivity contribution in [3.63, 3.8) is 0 Å². The number of aliphatic hydroxyl groups excluding tert-OH is 1. The summed E-state index contributed by atoms with van der Waals surface area (Å²) in [6.45, 7) is 4.88. The highest BCUT2D eigenvalue weighted by Crippen LogP contribution is 2.41. The Morgan fingerprint density at radius 3 is 2.64 bits per heavy atom. The molecule has 174 valence electrons. The third-order valence-electron chi connectivity index (χ3n) is 6.28. The van der Waals surface area contributed by atoms with E-state index in [-0.39, 0.29) is 35.6 Å². The van der Waals surface area contributed by atoms with Crippen LogP contribution in [0.2, 0.25) is 0 Å².